The predicted octanol–water partition coefficient (Wildman–Crippen LogP) is 5.43. The summed E-state index contributed by atoms with van der Waals surface area (Å²) in [4.78, 5) is 13.2. The normalized spacial score (nSPS) is 12.1. The molecule has 8 heteroatoms. The molecule has 1 N–H and O–H groups in total. The van der Waals surface area contributed by atoms with Crippen molar-refractivity contribution in [3.05, 3.63) is 88.4 Å². The van der Waals surface area contributed by atoms with Crippen LogP contribution in [0.5, 0.6) is 5.75 Å². The summed E-state index contributed by atoms with van der Waals surface area (Å²) >= 11 is 6.19. The van der Waals surface area contributed by atoms with Gasteiger partial charge in [0.15, 0.2) is 0 Å². The number of sulfonamides is 1. The summed E-state index contributed by atoms with van der Waals surface area (Å²) in [7, 11) is -2.66. The largest absolute Gasteiger partial charge is 0.495 e. The Bertz CT molecular complexity index is 1240. The van der Waals surface area contributed by atoms with E-state index in [4.69, 9.17) is 16.3 Å². The molecule has 1 atom stereocenters. The minimum absolute atomic E-state index is 0.0681. The van der Waals surface area contributed by atoms with E-state index in [1.807, 2.05) is 45.0 Å². The third kappa shape index (κ3) is 5.90. The van der Waals surface area contributed by atoms with Gasteiger partial charge >= 0.3 is 0 Å². The van der Waals surface area contributed by atoms with Gasteiger partial charge in [-0.25, -0.2) is 8.42 Å². The first-order valence-corrected chi connectivity index (χ1v) is 12.8. The van der Waals surface area contributed by atoms with Crippen LogP contribution in [0.2, 0.25) is 5.02 Å². The van der Waals surface area contributed by atoms with E-state index >= 15 is 0 Å². The number of nitrogens with zero attached hydrogens (tertiary/aromatic N) is 1. The maximum absolute atomic E-state index is 13.7. The van der Waals surface area contributed by atoms with Crippen LogP contribution in [-0.2, 0) is 14.8 Å². The molecular weight excluding hydrogens is 472 g/mol. The average molecular weight is 501 g/mol. The van der Waals surface area contributed by atoms with Crippen molar-refractivity contribution in [3.63, 3.8) is 0 Å². The van der Waals surface area contributed by atoms with Crippen molar-refractivity contribution in [3.8, 4) is 5.75 Å². The van der Waals surface area contributed by atoms with E-state index in [0.29, 0.717) is 17.2 Å². The Kier molecular flexibility index (Phi) is 8.23. The zero-order valence-electron chi connectivity index (χ0n) is 19.7. The molecule has 0 spiro atoms. The van der Waals surface area contributed by atoms with Gasteiger partial charge in [-0.05, 0) is 56.2 Å². The molecule has 1 amide bonds. The highest BCUT2D eigenvalue weighted by Gasteiger charge is 2.30. The smallest absolute Gasteiger partial charge is 0.264 e. The fourth-order valence-corrected chi connectivity index (χ4v) is 5.18. The molecule has 0 aliphatic carbocycles. The van der Waals surface area contributed by atoms with Gasteiger partial charge in [-0.2, -0.15) is 0 Å². The molecule has 0 saturated heterocycles. The molecule has 0 bridgehead atoms. The highest BCUT2D eigenvalue weighted by molar-refractivity contribution is 7.92. The van der Waals surface area contributed by atoms with Crippen molar-refractivity contribution in [2.45, 2.75) is 38.1 Å². The Labute approximate surface area is 206 Å². The zero-order chi connectivity index (χ0) is 24.9. The lowest BCUT2D eigenvalue weighted by atomic mass is 10.0. The number of amides is 1. The Morgan fingerprint density at radius 2 is 1.59 bits per heavy atom. The summed E-state index contributed by atoms with van der Waals surface area (Å²) in [6.45, 7) is 5.40. The van der Waals surface area contributed by atoms with Crippen molar-refractivity contribution < 1.29 is 17.9 Å². The fourth-order valence-electron chi connectivity index (χ4n) is 3.59. The maximum atomic E-state index is 13.7. The fraction of sp³-hybridized carbons (Fsp3) is 0.269. The number of carbonyl (C=O) groups is 1. The van der Waals surface area contributed by atoms with Crippen molar-refractivity contribution >= 4 is 33.2 Å². The predicted molar refractivity (Wildman–Crippen MR) is 136 cm³/mol. The molecule has 0 radical (unpaired) electrons. The molecule has 3 rings (SSSR count). The number of rotatable bonds is 9. The number of benzene rings is 3. The van der Waals surface area contributed by atoms with Crippen molar-refractivity contribution in [2.75, 3.05) is 18.0 Å². The summed E-state index contributed by atoms with van der Waals surface area (Å²) in [5, 5.41) is 3.29. The second-order valence-corrected chi connectivity index (χ2v) is 10.4. The molecule has 0 aromatic heterocycles. The summed E-state index contributed by atoms with van der Waals surface area (Å²) in [6, 6.07) is 18.8. The molecule has 0 unspecified atom stereocenters. The number of nitrogens with one attached hydrogen (secondary N) is 1. The van der Waals surface area contributed by atoms with Crippen LogP contribution in [0, 0.1) is 13.8 Å². The second-order valence-electron chi connectivity index (χ2n) is 8.08. The molecule has 0 saturated carbocycles. The molecule has 0 aliphatic heterocycles. The summed E-state index contributed by atoms with van der Waals surface area (Å²) < 4.78 is 33.8. The number of hydrogen-bond acceptors (Lipinski definition) is 4. The monoisotopic (exact) mass is 500 g/mol. The first-order chi connectivity index (χ1) is 16.1. The lowest BCUT2D eigenvalue weighted by molar-refractivity contribution is -0.120. The van der Waals surface area contributed by atoms with Crippen LogP contribution >= 0.6 is 11.6 Å². The van der Waals surface area contributed by atoms with E-state index in [-0.39, 0.29) is 16.6 Å². The zero-order valence-corrected chi connectivity index (χ0v) is 21.3. The van der Waals surface area contributed by atoms with Crippen LogP contribution in [-0.4, -0.2) is 28.0 Å². The molecule has 34 heavy (non-hydrogen) atoms. The first-order valence-electron chi connectivity index (χ1n) is 10.9. The van der Waals surface area contributed by atoms with E-state index in [2.05, 4.69) is 5.32 Å². The standard InChI is InChI=1S/C26H29ClN2O4S/c1-5-23(20-10-6-18(2)7-11-20)28-26(30)17-29(24-16-21(27)12-15-25(24)33-4)34(31,32)22-13-8-19(3)9-14-22/h6-16,23H,5,17H2,1-4H3,(H,28,30)/t23-/m0/s1. The number of ether oxygens (including phenoxy) is 1. The molecule has 0 fully saturated rings. The Hall–Kier alpha value is -3.03. The van der Waals surface area contributed by atoms with Crippen LogP contribution in [0.25, 0.3) is 0 Å². The number of hydrogen-bond donors (Lipinski definition) is 1. The van der Waals surface area contributed by atoms with Crippen molar-refractivity contribution in [1.29, 1.82) is 0 Å². The van der Waals surface area contributed by atoms with Gasteiger partial charge in [0, 0.05) is 5.02 Å². The van der Waals surface area contributed by atoms with E-state index in [0.717, 1.165) is 21.0 Å². The second kappa shape index (κ2) is 10.9. The molecule has 3 aromatic carbocycles. The summed E-state index contributed by atoms with van der Waals surface area (Å²) in [6.07, 6.45) is 0.653. The van der Waals surface area contributed by atoms with Crippen molar-refractivity contribution in [1.82, 2.24) is 5.32 Å². The minimum Gasteiger partial charge on any atom is -0.495 e. The molecule has 6 nitrogen and oxygen atoms in total. The maximum Gasteiger partial charge on any atom is 0.264 e. The molecule has 3 aromatic rings. The number of methoxy groups -OCH3 is 1. The third-order valence-corrected chi connectivity index (χ3v) is 7.54. The number of aryl methyl sites for hydroxylation is 2. The number of carbonyl (C=O) groups excluding carboxylic acids is 1. The van der Waals surface area contributed by atoms with Gasteiger partial charge < -0.3 is 10.1 Å². The van der Waals surface area contributed by atoms with Crippen LogP contribution in [0.15, 0.2) is 71.6 Å². The van der Waals surface area contributed by atoms with E-state index in [1.165, 1.54) is 25.3 Å². The quantitative estimate of drug-likeness (QED) is 0.425. The van der Waals surface area contributed by atoms with E-state index in [1.54, 1.807) is 24.3 Å². The van der Waals surface area contributed by atoms with E-state index in [9.17, 15) is 13.2 Å². The average Bonchev–Trinajstić information content (AvgIpc) is 2.82. The summed E-state index contributed by atoms with van der Waals surface area (Å²) in [5.41, 5.74) is 3.18. The minimum atomic E-state index is -4.09. The highest BCUT2D eigenvalue weighted by atomic mass is 35.5. The van der Waals surface area contributed by atoms with Gasteiger partial charge in [-0.1, -0.05) is 66.0 Å². The topological polar surface area (TPSA) is 75.7 Å². The molecular formula is C26H29ClN2O4S. The van der Waals surface area contributed by atoms with Crippen LogP contribution in [0.4, 0.5) is 5.69 Å². The Morgan fingerprint density at radius 1 is 1.00 bits per heavy atom. The van der Waals surface area contributed by atoms with Gasteiger partial charge in [-0.3, -0.25) is 9.10 Å². The lowest BCUT2D eigenvalue weighted by Crippen LogP contribution is -2.42. The molecule has 0 heterocycles. The molecule has 180 valence electrons. The van der Waals surface area contributed by atoms with Crippen molar-refractivity contribution in [2.24, 2.45) is 0 Å². The Morgan fingerprint density at radius 3 is 2.15 bits per heavy atom. The van der Waals surface area contributed by atoms with Gasteiger partial charge in [0.1, 0.15) is 12.3 Å². The number of halogens is 1. The Balaban J connectivity index is 1.98. The molecule has 0 aliphatic rings. The highest BCUT2D eigenvalue weighted by Crippen LogP contribution is 2.35. The van der Waals surface area contributed by atoms with Gasteiger partial charge in [0.25, 0.3) is 10.0 Å². The van der Waals surface area contributed by atoms with Gasteiger partial charge in [0.05, 0.1) is 23.7 Å². The SMILES string of the molecule is CC[C@H](NC(=O)CN(c1cc(Cl)ccc1OC)S(=O)(=O)c1ccc(C)cc1)c1ccc(C)cc1. The van der Waals surface area contributed by atoms with Gasteiger partial charge in [0.2, 0.25) is 5.91 Å². The van der Waals surface area contributed by atoms with Crippen LogP contribution in [0.3, 0.4) is 0 Å². The first kappa shape index (κ1) is 25.6. The lowest BCUT2D eigenvalue weighted by Gasteiger charge is -2.27. The number of anilines is 1. The van der Waals surface area contributed by atoms with Crippen LogP contribution < -0.4 is 14.4 Å². The van der Waals surface area contributed by atoms with Crippen LogP contribution in [0.1, 0.15) is 36.1 Å². The third-order valence-electron chi connectivity index (χ3n) is 5.53. The summed E-state index contributed by atoms with van der Waals surface area (Å²) in [5.74, 6) is -0.149. The van der Waals surface area contributed by atoms with E-state index < -0.39 is 22.5 Å². The van der Waals surface area contributed by atoms with Gasteiger partial charge in [-0.15, -0.1) is 0 Å².